The minimum atomic E-state index is -3.42. The lowest BCUT2D eigenvalue weighted by atomic mass is 9.92. The van der Waals surface area contributed by atoms with Gasteiger partial charge < -0.3 is 14.2 Å². The minimum absolute atomic E-state index is 0.0945. The quantitative estimate of drug-likeness (QED) is 0.599. The van der Waals surface area contributed by atoms with E-state index in [4.69, 9.17) is 9.26 Å². The van der Waals surface area contributed by atoms with E-state index in [0.717, 1.165) is 57.6 Å². The van der Waals surface area contributed by atoms with Crippen LogP contribution in [0.2, 0.25) is 0 Å². The molecule has 196 valence electrons. The summed E-state index contributed by atoms with van der Waals surface area (Å²) in [7, 11) is -3.42. The Morgan fingerprint density at radius 3 is 2.06 bits per heavy atom. The molecule has 1 amide bonds. The molecule has 0 bridgehead atoms. The summed E-state index contributed by atoms with van der Waals surface area (Å²) >= 11 is 0. The third kappa shape index (κ3) is 5.57. The second-order valence-corrected chi connectivity index (χ2v) is 12.7. The zero-order chi connectivity index (χ0) is 24.4. The number of amides is 1. The number of hydrogen-bond donors (Lipinski definition) is 0. The van der Waals surface area contributed by atoms with Crippen LogP contribution < -0.4 is 0 Å². The van der Waals surface area contributed by atoms with Crippen LogP contribution in [0.3, 0.4) is 0 Å². The van der Waals surface area contributed by atoms with Crippen molar-refractivity contribution in [1.82, 2.24) is 23.7 Å². The fourth-order valence-corrected chi connectivity index (χ4v) is 7.52. The van der Waals surface area contributed by atoms with Crippen LogP contribution in [0, 0.1) is 11.8 Å². The summed E-state index contributed by atoms with van der Waals surface area (Å²) < 4.78 is 40.3. The smallest absolute Gasteiger partial charge is 0.281 e. The number of rotatable bonds is 5. The lowest BCUT2D eigenvalue weighted by Gasteiger charge is -2.38. The molecular weight excluding hydrogens is 470 g/mol. The first kappa shape index (κ1) is 25.1. The first-order chi connectivity index (χ1) is 16.9. The normalized spacial score (nSPS) is 25.8. The zero-order valence-corrected chi connectivity index (χ0v) is 21.6. The van der Waals surface area contributed by atoms with Crippen molar-refractivity contribution in [3.05, 3.63) is 11.7 Å². The maximum absolute atomic E-state index is 13.2. The molecule has 4 aliphatic heterocycles. The number of carbonyl (C=O) groups is 1. The van der Waals surface area contributed by atoms with Crippen molar-refractivity contribution in [2.45, 2.75) is 70.1 Å². The van der Waals surface area contributed by atoms with Gasteiger partial charge in [0.25, 0.3) is 10.2 Å². The van der Waals surface area contributed by atoms with Gasteiger partial charge in [-0.2, -0.15) is 22.0 Å². The average Bonchev–Trinajstić information content (AvgIpc) is 3.40. The Morgan fingerprint density at radius 2 is 1.43 bits per heavy atom. The molecule has 0 N–H and O–H groups in total. The van der Waals surface area contributed by atoms with Crippen LogP contribution in [0.5, 0.6) is 0 Å². The monoisotopic (exact) mass is 509 g/mol. The number of nitrogens with zero attached hydrogens (tertiary/aromatic N) is 5. The molecule has 35 heavy (non-hydrogen) atoms. The Kier molecular flexibility index (Phi) is 7.76. The van der Waals surface area contributed by atoms with E-state index < -0.39 is 10.2 Å². The van der Waals surface area contributed by atoms with E-state index in [1.165, 1.54) is 0 Å². The molecule has 1 aromatic heterocycles. The summed E-state index contributed by atoms with van der Waals surface area (Å²) in [5.74, 6) is 2.66. The third-order valence-electron chi connectivity index (χ3n) is 8.40. The molecule has 0 saturated carbocycles. The van der Waals surface area contributed by atoms with E-state index in [1.54, 1.807) is 8.61 Å². The van der Waals surface area contributed by atoms with Gasteiger partial charge in [-0.05, 0) is 57.3 Å². The molecule has 0 atom stereocenters. The van der Waals surface area contributed by atoms with Crippen LogP contribution in [0.1, 0.15) is 81.8 Å². The molecule has 4 fully saturated rings. The Morgan fingerprint density at radius 1 is 0.829 bits per heavy atom. The van der Waals surface area contributed by atoms with E-state index in [2.05, 4.69) is 17.1 Å². The summed E-state index contributed by atoms with van der Waals surface area (Å²) in [6.45, 7) is 7.11. The van der Waals surface area contributed by atoms with E-state index in [-0.39, 0.29) is 17.7 Å². The topological polar surface area (TPSA) is 109 Å². The maximum Gasteiger partial charge on any atom is 0.281 e. The molecule has 1 aromatic rings. The second kappa shape index (κ2) is 10.8. The third-order valence-corrected chi connectivity index (χ3v) is 10.4. The van der Waals surface area contributed by atoms with Gasteiger partial charge in [0.05, 0.1) is 0 Å². The lowest BCUT2D eigenvalue weighted by Crippen LogP contribution is -2.51. The van der Waals surface area contributed by atoms with Crippen molar-refractivity contribution < 1.29 is 22.5 Å². The summed E-state index contributed by atoms with van der Waals surface area (Å²) in [6.07, 6.45) is 6.55. The van der Waals surface area contributed by atoms with E-state index >= 15 is 0 Å². The fourth-order valence-electron chi connectivity index (χ4n) is 5.85. The predicted octanol–water partition coefficient (Wildman–Crippen LogP) is 2.36. The van der Waals surface area contributed by atoms with Crippen LogP contribution >= 0.6 is 0 Å². The largest absolute Gasteiger partial charge is 0.381 e. The van der Waals surface area contributed by atoms with Crippen LogP contribution in [0.25, 0.3) is 0 Å². The molecule has 0 aromatic carbocycles. The first-order valence-corrected chi connectivity index (χ1v) is 14.8. The number of carbonyl (C=O) groups excluding carboxylic acids is 1. The van der Waals surface area contributed by atoms with Crippen molar-refractivity contribution in [2.75, 3.05) is 52.5 Å². The van der Waals surface area contributed by atoms with Crippen molar-refractivity contribution >= 4 is 16.1 Å². The highest BCUT2D eigenvalue weighted by Crippen LogP contribution is 2.32. The molecule has 4 aliphatic rings. The van der Waals surface area contributed by atoms with Gasteiger partial charge in [0, 0.05) is 70.2 Å². The Bertz CT molecular complexity index is 955. The first-order valence-electron chi connectivity index (χ1n) is 13.4. The number of piperidine rings is 3. The van der Waals surface area contributed by atoms with Crippen LogP contribution in [0.4, 0.5) is 0 Å². The molecule has 0 unspecified atom stereocenters. The van der Waals surface area contributed by atoms with Gasteiger partial charge in [-0.15, -0.1) is 0 Å². The standard InChI is InChI=1S/C24H39N5O5S/c1-18-2-12-28(13-3-18)35(31,32)29-14-6-21(7-15-29)24(30)27-10-4-20(5-11-27)23-25-22(26-34-23)19-8-16-33-17-9-19/h18-21H,2-17H2,1H3. The molecule has 0 spiro atoms. The highest BCUT2D eigenvalue weighted by molar-refractivity contribution is 7.86. The Labute approximate surface area is 208 Å². The molecule has 5 heterocycles. The highest BCUT2D eigenvalue weighted by Gasteiger charge is 2.38. The van der Waals surface area contributed by atoms with Gasteiger partial charge in [-0.3, -0.25) is 4.79 Å². The molecule has 5 rings (SSSR count). The van der Waals surface area contributed by atoms with Crippen molar-refractivity contribution in [3.63, 3.8) is 0 Å². The Hall–Kier alpha value is -1.56. The minimum Gasteiger partial charge on any atom is -0.381 e. The van der Waals surface area contributed by atoms with E-state index in [9.17, 15) is 13.2 Å². The van der Waals surface area contributed by atoms with Gasteiger partial charge in [0.2, 0.25) is 11.8 Å². The van der Waals surface area contributed by atoms with Gasteiger partial charge in [0.1, 0.15) is 0 Å². The SMILES string of the molecule is CC1CCN(S(=O)(=O)N2CCC(C(=O)N3CCC(c4nc(C5CCOCC5)no4)CC3)CC2)CC1. The average molecular weight is 510 g/mol. The summed E-state index contributed by atoms with van der Waals surface area (Å²) in [5.41, 5.74) is 0. The van der Waals surface area contributed by atoms with Crippen molar-refractivity contribution in [2.24, 2.45) is 11.8 Å². The molecule has 11 heteroatoms. The van der Waals surface area contributed by atoms with Crippen molar-refractivity contribution in [3.8, 4) is 0 Å². The van der Waals surface area contributed by atoms with Crippen LogP contribution in [-0.4, -0.2) is 90.5 Å². The van der Waals surface area contributed by atoms with Gasteiger partial charge in [-0.1, -0.05) is 12.1 Å². The number of likely N-dealkylation sites (tertiary alicyclic amines) is 1. The van der Waals surface area contributed by atoms with E-state index in [1.807, 2.05) is 4.90 Å². The van der Waals surface area contributed by atoms with Gasteiger partial charge >= 0.3 is 0 Å². The molecule has 0 radical (unpaired) electrons. The number of hydrogen-bond acceptors (Lipinski definition) is 7. The number of aromatic nitrogens is 2. The van der Waals surface area contributed by atoms with Crippen LogP contribution in [-0.2, 0) is 19.7 Å². The van der Waals surface area contributed by atoms with Gasteiger partial charge in [-0.25, -0.2) is 0 Å². The summed E-state index contributed by atoms with van der Waals surface area (Å²) in [6, 6.07) is 0. The van der Waals surface area contributed by atoms with E-state index in [0.29, 0.717) is 69.8 Å². The fraction of sp³-hybridized carbons (Fsp3) is 0.875. The predicted molar refractivity (Wildman–Crippen MR) is 129 cm³/mol. The maximum atomic E-state index is 13.2. The molecular formula is C24H39N5O5S. The molecule has 10 nitrogen and oxygen atoms in total. The molecule has 0 aliphatic carbocycles. The Balaban J connectivity index is 1.09. The second-order valence-electron chi connectivity index (χ2n) is 10.7. The number of ether oxygens (including phenoxy) is 1. The molecule has 4 saturated heterocycles. The summed E-state index contributed by atoms with van der Waals surface area (Å²) in [5, 5.41) is 4.23. The highest BCUT2D eigenvalue weighted by atomic mass is 32.2. The van der Waals surface area contributed by atoms with Crippen molar-refractivity contribution in [1.29, 1.82) is 0 Å². The lowest BCUT2D eigenvalue weighted by molar-refractivity contribution is -0.137. The zero-order valence-electron chi connectivity index (χ0n) is 20.8. The van der Waals surface area contributed by atoms with Gasteiger partial charge in [0.15, 0.2) is 5.82 Å². The summed E-state index contributed by atoms with van der Waals surface area (Å²) in [4.78, 5) is 19.8. The van der Waals surface area contributed by atoms with Crippen LogP contribution in [0.15, 0.2) is 4.52 Å².